The summed E-state index contributed by atoms with van der Waals surface area (Å²) in [5.74, 6) is 1.53. The summed E-state index contributed by atoms with van der Waals surface area (Å²) in [5.41, 5.74) is 2.72. The number of hydrogen-bond acceptors (Lipinski definition) is 6. The number of halogens is 1. The van der Waals surface area contributed by atoms with E-state index in [4.69, 9.17) is 21.6 Å². The van der Waals surface area contributed by atoms with E-state index in [1.165, 1.54) is 0 Å². The maximum absolute atomic E-state index is 10.1. The zero-order chi connectivity index (χ0) is 20.2. The molecule has 1 atom stereocenters. The maximum atomic E-state index is 10.1. The molecule has 3 heterocycles. The second-order valence-corrected chi connectivity index (χ2v) is 7.53. The van der Waals surface area contributed by atoms with Crippen molar-refractivity contribution in [2.24, 2.45) is 0 Å². The minimum Gasteiger partial charge on any atom is -0.378 e. The molecule has 3 aromatic rings. The van der Waals surface area contributed by atoms with Crippen molar-refractivity contribution in [2.45, 2.75) is 19.6 Å². The predicted molar refractivity (Wildman–Crippen MR) is 116 cm³/mol. The first-order valence-electron chi connectivity index (χ1n) is 9.86. The molecular formula is C22H24ClN5O. The van der Waals surface area contributed by atoms with Gasteiger partial charge in [0.15, 0.2) is 5.82 Å². The lowest BCUT2D eigenvalue weighted by Gasteiger charge is -2.37. The predicted octanol–water partition coefficient (Wildman–Crippen LogP) is 3.71. The number of anilines is 1. The van der Waals surface area contributed by atoms with Crippen LogP contribution in [-0.2, 0) is 0 Å². The molecule has 0 radical (unpaired) electrons. The highest BCUT2D eigenvalue weighted by Gasteiger charge is 2.23. The summed E-state index contributed by atoms with van der Waals surface area (Å²) in [7, 11) is 0. The van der Waals surface area contributed by atoms with Crippen LogP contribution in [-0.4, -0.2) is 57.4 Å². The second kappa shape index (κ2) is 8.86. The lowest BCUT2D eigenvalue weighted by Crippen LogP contribution is -2.50. The molecule has 0 spiro atoms. The van der Waals surface area contributed by atoms with Gasteiger partial charge in [0.25, 0.3) is 0 Å². The largest absolute Gasteiger partial charge is 0.378 e. The topological polar surface area (TPSA) is 65.4 Å². The summed E-state index contributed by atoms with van der Waals surface area (Å²) >= 11 is 6.06. The third-order valence-electron chi connectivity index (χ3n) is 5.20. The fourth-order valence-electron chi connectivity index (χ4n) is 3.50. The van der Waals surface area contributed by atoms with Crippen molar-refractivity contribution in [3.8, 4) is 22.6 Å². The van der Waals surface area contributed by atoms with E-state index in [2.05, 4.69) is 14.8 Å². The Bertz CT molecular complexity index is 943. The summed E-state index contributed by atoms with van der Waals surface area (Å²) in [6.45, 7) is 5.22. The number of nitrogens with zero attached hydrogens (tertiary/aromatic N) is 5. The standard InChI is InChI=1S/C22H24ClN5O/c1-2-21(29)28-12-10-27(11-13-28)20-14-19(16-5-7-18(23)8-6-16)25-22(26-20)17-4-3-9-24-15-17/h3-9,14-15,21,29H,2,10-13H2,1H3. The molecule has 0 amide bonds. The van der Waals surface area contributed by atoms with Gasteiger partial charge in [-0.2, -0.15) is 0 Å². The SMILES string of the molecule is CCC(O)N1CCN(c2cc(-c3ccc(Cl)cc3)nc(-c3cccnc3)n2)CC1. The number of hydrogen-bond donors (Lipinski definition) is 1. The first kappa shape index (κ1) is 19.8. The number of aliphatic hydroxyl groups is 1. The number of rotatable bonds is 5. The van der Waals surface area contributed by atoms with Gasteiger partial charge in [-0.1, -0.05) is 30.7 Å². The van der Waals surface area contributed by atoms with Gasteiger partial charge in [0, 0.05) is 60.8 Å². The van der Waals surface area contributed by atoms with Crippen LogP contribution in [0.3, 0.4) is 0 Å². The second-order valence-electron chi connectivity index (χ2n) is 7.10. The first-order valence-corrected chi connectivity index (χ1v) is 10.2. The number of piperazine rings is 1. The van der Waals surface area contributed by atoms with E-state index in [-0.39, 0.29) is 6.23 Å². The van der Waals surface area contributed by atoms with Gasteiger partial charge in [-0.05, 0) is 30.7 Å². The van der Waals surface area contributed by atoms with Crippen molar-refractivity contribution in [2.75, 3.05) is 31.1 Å². The van der Waals surface area contributed by atoms with Crippen LogP contribution in [0.2, 0.25) is 5.02 Å². The Kier molecular flexibility index (Phi) is 6.04. The van der Waals surface area contributed by atoms with Gasteiger partial charge in [-0.25, -0.2) is 9.97 Å². The third-order valence-corrected chi connectivity index (χ3v) is 5.45. The van der Waals surface area contributed by atoms with Gasteiger partial charge in [-0.3, -0.25) is 9.88 Å². The van der Waals surface area contributed by atoms with Crippen molar-refractivity contribution in [1.29, 1.82) is 0 Å². The first-order chi connectivity index (χ1) is 14.1. The molecule has 1 fully saturated rings. The molecule has 0 saturated carbocycles. The maximum Gasteiger partial charge on any atom is 0.163 e. The van der Waals surface area contributed by atoms with Gasteiger partial charge in [-0.15, -0.1) is 0 Å². The van der Waals surface area contributed by atoms with Crippen LogP contribution in [0.1, 0.15) is 13.3 Å². The van der Waals surface area contributed by atoms with Crippen molar-refractivity contribution >= 4 is 17.4 Å². The Labute approximate surface area is 175 Å². The van der Waals surface area contributed by atoms with Crippen LogP contribution < -0.4 is 4.90 Å². The quantitative estimate of drug-likeness (QED) is 0.693. The average molecular weight is 410 g/mol. The van der Waals surface area contributed by atoms with Crippen LogP contribution >= 0.6 is 11.6 Å². The normalized spacial score (nSPS) is 16.0. The Hall–Kier alpha value is -2.54. The fourth-order valence-corrected chi connectivity index (χ4v) is 3.62. The zero-order valence-corrected chi connectivity index (χ0v) is 17.1. The van der Waals surface area contributed by atoms with E-state index in [0.717, 1.165) is 55.2 Å². The van der Waals surface area contributed by atoms with Crippen LogP contribution in [0.25, 0.3) is 22.6 Å². The molecule has 1 aliphatic rings. The smallest absolute Gasteiger partial charge is 0.163 e. The van der Waals surface area contributed by atoms with Crippen molar-refractivity contribution in [3.05, 3.63) is 59.9 Å². The van der Waals surface area contributed by atoms with Crippen LogP contribution in [0.15, 0.2) is 54.9 Å². The van der Waals surface area contributed by atoms with E-state index in [1.807, 2.05) is 49.4 Å². The monoisotopic (exact) mass is 409 g/mol. The van der Waals surface area contributed by atoms with Gasteiger partial charge in [0.2, 0.25) is 0 Å². The number of aromatic nitrogens is 3. The molecule has 1 aromatic carbocycles. The summed E-state index contributed by atoms with van der Waals surface area (Å²) in [5, 5.41) is 10.8. The molecule has 1 aliphatic heterocycles. The molecule has 0 aliphatic carbocycles. The highest BCUT2D eigenvalue weighted by Crippen LogP contribution is 2.27. The minimum atomic E-state index is -0.377. The highest BCUT2D eigenvalue weighted by molar-refractivity contribution is 6.30. The Balaban J connectivity index is 1.68. The molecule has 1 saturated heterocycles. The molecule has 150 valence electrons. The van der Waals surface area contributed by atoms with E-state index in [0.29, 0.717) is 10.8 Å². The summed E-state index contributed by atoms with van der Waals surface area (Å²) in [6.07, 6.45) is 3.88. The Morgan fingerprint density at radius 3 is 2.45 bits per heavy atom. The lowest BCUT2D eigenvalue weighted by atomic mass is 10.1. The van der Waals surface area contributed by atoms with Crippen LogP contribution in [0.5, 0.6) is 0 Å². The van der Waals surface area contributed by atoms with Crippen molar-refractivity contribution in [1.82, 2.24) is 19.9 Å². The highest BCUT2D eigenvalue weighted by atomic mass is 35.5. The van der Waals surface area contributed by atoms with Crippen LogP contribution in [0, 0.1) is 0 Å². The van der Waals surface area contributed by atoms with Gasteiger partial charge in [0.05, 0.1) is 5.69 Å². The lowest BCUT2D eigenvalue weighted by molar-refractivity contribution is -0.00199. The number of pyridine rings is 1. The molecule has 2 aromatic heterocycles. The molecule has 1 unspecified atom stereocenters. The zero-order valence-electron chi connectivity index (χ0n) is 16.4. The molecular weight excluding hydrogens is 386 g/mol. The van der Waals surface area contributed by atoms with E-state index in [1.54, 1.807) is 12.4 Å². The third kappa shape index (κ3) is 4.56. The Morgan fingerprint density at radius 2 is 1.79 bits per heavy atom. The van der Waals surface area contributed by atoms with Crippen molar-refractivity contribution in [3.63, 3.8) is 0 Å². The molecule has 0 bridgehead atoms. The van der Waals surface area contributed by atoms with E-state index >= 15 is 0 Å². The summed E-state index contributed by atoms with van der Waals surface area (Å²) < 4.78 is 0. The van der Waals surface area contributed by atoms with Gasteiger partial charge < -0.3 is 10.0 Å². The average Bonchev–Trinajstić information content (AvgIpc) is 2.79. The minimum absolute atomic E-state index is 0.377. The van der Waals surface area contributed by atoms with E-state index in [9.17, 15) is 5.11 Å². The molecule has 6 nitrogen and oxygen atoms in total. The van der Waals surface area contributed by atoms with Gasteiger partial charge >= 0.3 is 0 Å². The van der Waals surface area contributed by atoms with E-state index < -0.39 is 0 Å². The van der Waals surface area contributed by atoms with Crippen LogP contribution in [0.4, 0.5) is 5.82 Å². The van der Waals surface area contributed by atoms with Crippen molar-refractivity contribution < 1.29 is 5.11 Å². The molecule has 7 heteroatoms. The Morgan fingerprint density at radius 1 is 1.03 bits per heavy atom. The summed E-state index contributed by atoms with van der Waals surface area (Å²) in [6, 6.07) is 13.6. The molecule has 29 heavy (non-hydrogen) atoms. The number of benzene rings is 1. The molecule has 4 rings (SSSR count). The summed E-state index contributed by atoms with van der Waals surface area (Å²) in [4.78, 5) is 18.2. The number of aliphatic hydroxyl groups excluding tert-OH is 1. The molecule has 1 N–H and O–H groups in total. The fraction of sp³-hybridized carbons (Fsp3) is 0.318. The van der Waals surface area contributed by atoms with Gasteiger partial charge in [0.1, 0.15) is 12.0 Å².